The number of nitrogens with zero attached hydrogens (tertiary/aromatic N) is 2. The van der Waals surface area contributed by atoms with Gasteiger partial charge in [0, 0.05) is 13.1 Å². The number of rotatable bonds is 5. The molecule has 5 nitrogen and oxygen atoms in total. The van der Waals surface area contributed by atoms with E-state index >= 15 is 0 Å². The van der Waals surface area contributed by atoms with Gasteiger partial charge in [0.1, 0.15) is 5.82 Å². The Balaban J connectivity index is 2.87. The van der Waals surface area contributed by atoms with Crippen LogP contribution in [-0.2, 0) is 13.5 Å². The lowest BCUT2D eigenvalue weighted by Gasteiger charge is -2.12. The van der Waals surface area contributed by atoms with E-state index in [4.69, 9.17) is 10.8 Å². The highest BCUT2D eigenvalue weighted by Gasteiger charge is 2.13. The molecule has 4 N–H and O–H groups in total. The molecule has 0 aliphatic heterocycles. The minimum atomic E-state index is -0.0165. The highest BCUT2D eigenvalue weighted by molar-refractivity contribution is 5.65. The molecule has 0 amide bonds. The van der Waals surface area contributed by atoms with Gasteiger partial charge in [-0.1, -0.05) is 13.3 Å². The summed E-state index contributed by atoms with van der Waals surface area (Å²) in [6, 6.07) is -0.0165. The monoisotopic (exact) mass is 212 g/mol. The summed E-state index contributed by atoms with van der Waals surface area (Å²) in [6.07, 6.45) is 1.91. The van der Waals surface area contributed by atoms with Crippen molar-refractivity contribution in [3.8, 4) is 0 Å². The molecule has 0 aromatic carbocycles. The Morgan fingerprint density at radius 2 is 2.27 bits per heavy atom. The van der Waals surface area contributed by atoms with Crippen molar-refractivity contribution in [2.45, 2.75) is 32.7 Å². The second-order valence-electron chi connectivity index (χ2n) is 3.81. The highest BCUT2D eigenvalue weighted by Crippen LogP contribution is 2.23. The lowest BCUT2D eigenvalue weighted by atomic mass is 10.2. The number of aryl methyl sites for hydroxylation is 2. The number of aliphatic hydroxyl groups excluding tert-OH is 1. The summed E-state index contributed by atoms with van der Waals surface area (Å²) in [5.74, 6) is 0.792. The molecule has 0 aliphatic carbocycles. The second kappa shape index (κ2) is 5.02. The molecule has 1 aromatic heterocycles. The molecule has 1 rings (SSSR count). The molecule has 0 saturated carbocycles. The van der Waals surface area contributed by atoms with Gasteiger partial charge in [0.15, 0.2) is 0 Å². The Morgan fingerprint density at radius 1 is 1.60 bits per heavy atom. The molecule has 1 heterocycles. The molecule has 0 bridgehead atoms. The number of aliphatic hydroxyl groups is 1. The van der Waals surface area contributed by atoms with Crippen LogP contribution in [0.2, 0.25) is 0 Å². The zero-order chi connectivity index (χ0) is 11.4. The fraction of sp³-hybridized carbons (Fsp3) is 0.700. The van der Waals surface area contributed by atoms with E-state index in [9.17, 15) is 0 Å². The lowest BCUT2D eigenvalue weighted by molar-refractivity contribution is 0.281. The van der Waals surface area contributed by atoms with Gasteiger partial charge in [0.25, 0.3) is 0 Å². The quantitative estimate of drug-likeness (QED) is 0.673. The minimum Gasteiger partial charge on any atom is -0.394 e. The maximum atomic E-state index is 8.96. The molecular weight excluding hydrogens is 192 g/mol. The third-order valence-corrected chi connectivity index (χ3v) is 2.30. The van der Waals surface area contributed by atoms with E-state index in [-0.39, 0.29) is 12.6 Å². The lowest BCUT2D eigenvalue weighted by Crippen LogP contribution is -2.21. The topological polar surface area (TPSA) is 76.1 Å². The number of aromatic nitrogens is 2. The molecule has 0 saturated heterocycles. The van der Waals surface area contributed by atoms with Crippen LogP contribution in [0, 0.1) is 0 Å². The van der Waals surface area contributed by atoms with Gasteiger partial charge in [-0.3, -0.25) is 4.68 Å². The van der Waals surface area contributed by atoms with Crippen LogP contribution >= 0.6 is 0 Å². The van der Waals surface area contributed by atoms with Crippen LogP contribution in [0.3, 0.4) is 0 Å². The molecule has 0 radical (unpaired) electrons. The number of nitrogen functional groups attached to an aromatic ring is 1. The third-order valence-electron chi connectivity index (χ3n) is 2.30. The van der Waals surface area contributed by atoms with Crippen molar-refractivity contribution in [2.24, 2.45) is 7.05 Å². The van der Waals surface area contributed by atoms with Crippen molar-refractivity contribution >= 4 is 11.5 Å². The number of nitrogens with one attached hydrogen (secondary N) is 1. The fourth-order valence-electron chi connectivity index (χ4n) is 1.47. The van der Waals surface area contributed by atoms with Crippen molar-refractivity contribution in [1.29, 1.82) is 0 Å². The van der Waals surface area contributed by atoms with Gasteiger partial charge in [-0.05, 0) is 13.3 Å². The Labute approximate surface area is 90.3 Å². The zero-order valence-electron chi connectivity index (χ0n) is 9.62. The van der Waals surface area contributed by atoms with Crippen LogP contribution in [0.4, 0.5) is 11.5 Å². The molecule has 1 unspecified atom stereocenters. The van der Waals surface area contributed by atoms with Gasteiger partial charge in [0.05, 0.1) is 18.0 Å². The molecule has 15 heavy (non-hydrogen) atoms. The van der Waals surface area contributed by atoms with Crippen LogP contribution in [0.25, 0.3) is 0 Å². The average molecular weight is 212 g/mol. The summed E-state index contributed by atoms with van der Waals surface area (Å²) in [5, 5.41) is 16.4. The van der Waals surface area contributed by atoms with Crippen molar-refractivity contribution in [3.63, 3.8) is 0 Å². The summed E-state index contributed by atoms with van der Waals surface area (Å²) >= 11 is 0. The zero-order valence-corrected chi connectivity index (χ0v) is 9.62. The third kappa shape index (κ3) is 2.62. The summed E-state index contributed by atoms with van der Waals surface area (Å²) < 4.78 is 1.73. The average Bonchev–Trinajstić information content (AvgIpc) is 2.46. The predicted octanol–water partition coefficient (Wildman–Crippen LogP) is 0.748. The molecule has 0 aliphatic rings. The Morgan fingerprint density at radius 3 is 2.80 bits per heavy atom. The summed E-state index contributed by atoms with van der Waals surface area (Å²) in [4.78, 5) is 0. The van der Waals surface area contributed by atoms with Gasteiger partial charge in [0.2, 0.25) is 0 Å². The molecule has 0 spiro atoms. The standard InChI is InChI=1S/C10H20N4O/c1-4-5-8-9(11)10(14(3)13-8)12-7(2)6-15/h7,12,15H,4-6,11H2,1-3H3. The van der Waals surface area contributed by atoms with Crippen LogP contribution in [0.15, 0.2) is 0 Å². The van der Waals surface area contributed by atoms with Crippen molar-refractivity contribution in [1.82, 2.24) is 9.78 Å². The van der Waals surface area contributed by atoms with E-state index in [1.165, 1.54) is 0 Å². The van der Waals surface area contributed by atoms with E-state index < -0.39 is 0 Å². The molecule has 1 aromatic rings. The van der Waals surface area contributed by atoms with E-state index in [0.717, 1.165) is 24.4 Å². The van der Waals surface area contributed by atoms with E-state index in [0.29, 0.717) is 5.69 Å². The number of nitrogens with two attached hydrogens (primary N) is 1. The van der Waals surface area contributed by atoms with Crippen LogP contribution < -0.4 is 11.1 Å². The van der Waals surface area contributed by atoms with Gasteiger partial charge in [-0.25, -0.2) is 0 Å². The number of anilines is 2. The molecule has 86 valence electrons. The maximum absolute atomic E-state index is 8.96. The minimum absolute atomic E-state index is 0.0165. The second-order valence-corrected chi connectivity index (χ2v) is 3.81. The van der Waals surface area contributed by atoms with Gasteiger partial charge < -0.3 is 16.2 Å². The normalized spacial score (nSPS) is 12.8. The Hall–Kier alpha value is -1.23. The van der Waals surface area contributed by atoms with Crippen LogP contribution in [0.5, 0.6) is 0 Å². The van der Waals surface area contributed by atoms with E-state index in [1.54, 1.807) is 4.68 Å². The largest absolute Gasteiger partial charge is 0.394 e. The molecular formula is C10H20N4O. The van der Waals surface area contributed by atoms with E-state index in [2.05, 4.69) is 17.3 Å². The summed E-state index contributed by atoms with van der Waals surface area (Å²) in [5.41, 5.74) is 7.58. The first-order valence-corrected chi connectivity index (χ1v) is 5.28. The fourth-order valence-corrected chi connectivity index (χ4v) is 1.47. The molecule has 0 fully saturated rings. The summed E-state index contributed by atoms with van der Waals surface area (Å²) in [6.45, 7) is 4.07. The molecule has 1 atom stereocenters. The first kappa shape index (κ1) is 11.8. The van der Waals surface area contributed by atoms with Crippen molar-refractivity contribution in [3.05, 3.63) is 5.69 Å². The van der Waals surface area contributed by atoms with Crippen LogP contribution in [-0.4, -0.2) is 27.5 Å². The molecule has 5 heteroatoms. The van der Waals surface area contributed by atoms with Crippen LogP contribution in [0.1, 0.15) is 26.0 Å². The Bertz CT molecular complexity index is 321. The first-order valence-electron chi connectivity index (χ1n) is 5.28. The number of hydrogen-bond acceptors (Lipinski definition) is 4. The van der Waals surface area contributed by atoms with Gasteiger partial charge >= 0.3 is 0 Å². The first-order chi connectivity index (χ1) is 7.10. The van der Waals surface area contributed by atoms with Gasteiger partial charge in [-0.15, -0.1) is 0 Å². The Kier molecular flexibility index (Phi) is 3.96. The maximum Gasteiger partial charge on any atom is 0.148 e. The predicted molar refractivity (Wildman–Crippen MR) is 61.8 cm³/mol. The smallest absolute Gasteiger partial charge is 0.148 e. The van der Waals surface area contributed by atoms with Crippen molar-refractivity contribution in [2.75, 3.05) is 17.7 Å². The summed E-state index contributed by atoms with van der Waals surface area (Å²) in [7, 11) is 1.85. The number of hydrogen-bond donors (Lipinski definition) is 3. The van der Waals surface area contributed by atoms with E-state index in [1.807, 2.05) is 14.0 Å². The van der Waals surface area contributed by atoms with Crippen molar-refractivity contribution < 1.29 is 5.11 Å². The van der Waals surface area contributed by atoms with Gasteiger partial charge in [-0.2, -0.15) is 5.10 Å². The highest BCUT2D eigenvalue weighted by atomic mass is 16.3. The SMILES string of the molecule is CCCc1nn(C)c(NC(C)CO)c1N.